The monoisotopic (exact) mass is 615 g/mol. The Labute approximate surface area is 255 Å². The summed E-state index contributed by atoms with van der Waals surface area (Å²) in [6.45, 7) is 7.66. The van der Waals surface area contributed by atoms with Crippen molar-refractivity contribution >= 4 is 11.9 Å². The van der Waals surface area contributed by atoms with E-state index in [0.29, 0.717) is 11.6 Å². The summed E-state index contributed by atoms with van der Waals surface area (Å²) in [5, 5.41) is 23.9. The van der Waals surface area contributed by atoms with E-state index in [-0.39, 0.29) is 36.4 Å². The largest absolute Gasteiger partial charge is 0.481 e. The van der Waals surface area contributed by atoms with Crippen LogP contribution in [0.2, 0.25) is 0 Å². The number of nitrogens with zero attached hydrogens (tertiary/aromatic N) is 2. The van der Waals surface area contributed by atoms with Crippen molar-refractivity contribution in [3.05, 3.63) is 92.9 Å². The predicted molar refractivity (Wildman–Crippen MR) is 162 cm³/mol. The minimum Gasteiger partial charge on any atom is -0.481 e. The number of carboxylic acid groups (broad SMARTS) is 1. The van der Waals surface area contributed by atoms with Crippen LogP contribution in [0, 0.1) is 19.8 Å². The van der Waals surface area contributed by atoms with E-state index in [1.807, 2.05) is 32.0 Å². The second-order valence-electron chi connectivity index (χ2n) is 11.9. The van der Waals surface area contributed by atoms with Gasteiger partial charge in [-0.3, -0.25) is 14.4 Å². The summed E-state index contributed by atoms with van der Waals surface area (Å²) >= 11 is 0. The van der Waals surface area contributed by atoms with Crippen molar-refractivity contribution in [3.8, 4) is 11.1 Å². The molecular weight excluding hydrogens is 575 g/mol. The minimum absolute atomic E-state index is 0.0355. The van der Waals surface area contributed by atoms with E-state index in [1.54, 1.807) is 51.0 Å². The van der Waals surface area contributed by atoms with Gasteiger partial charge in [-0.1, -0.05) is 50.2 Å². The van der Waals surface area contributed by atoms with Gasteiger partial charge in [-0.05, 0) is 80.6 Å². The van der Waals surface area contributed by atoms with Crippen LogP contribution in [0.25, 0.3) is 11.1 Å². The number of carbonyl (C=O) groups is 2. The standard InChI is InChI=1S/C33H40F3N3O5/c1-20(2)15-27(39-19-24(13-14-38(5)6)26(17-28(39)40)33(34,35)36)31(43)37-32(44,18-29(41)42)25-12-8-11-23(16-25)30-21(3)9-7-10-22(30)4/h7-12,16-17,19-20,27,44H,13-15,18H2,1-6H3,(H,37,43)(H,41,42)/t27?,32-/m0/s1. The van der Waals surface area contributed by atoms with E-state index in [2.05, 4.69) is 5.32 Å². The number of benzene rings is 2. The van der Waals surface area contributed by atoms with Crippen molar-refractivity contribution in [1.82, 2.24) is 14.8 Å². The number of pyridine rings is 1. The van der Waals surface area contributed by atoms with Crippen molar-refractivity contribution in [2.45, 2.75) is 64.9 Å². The molecule has 3 N–H and O–H groups in total. The number of aryl methyl sites for hydroxylation is 2. The van der Waals surface area contributed by atoms with Gasteiger partial charge in [-0.25, -0.2) is 0 Å². The van der Waals surface area contributed by atoms with Crippen LogP contribution in [0.4, 0.5) is 13.2 Å². The van der Waals surface area contributed by atoms with Gasteiger partial charge in [0.1, 0.15) is 6.04 Å². The predicted octanol–water partition coefficient (Wildman–Crippen LogP) is 5.28. The lowest BCUT2D eigenvalue weighted by Crippen LogP contribution is -2.51. The molecular formula is C33H40F3N3O5. The molecule has 1 aromatic heterocycles. The molecule has 0 bridgehead atoms. The first-order valence-corrected chi connectivity index (χ1v) is 14.3. The Bertz CT molecular complexity index is 1540. The van der Waals surface area contributed by atoms with Gasteiger partial charge in [0.25, 0.3) is 5.56 Å². The highest BCUT2D eigenvalue weighted by Gasteiger charge is 2.39. The second kappa shape index (κ2) is 13.8. The highest BCUT2D eigenvalue weighted by Crippen LogP contribution is 2.34. The fourth-order valence-electron chi connectivity index (χ4n) is 5.36. The van der Waals surface area contributed by atoms with Crippen LogP contribution >= 0.6 is 0 Å². The number of carboxylic acids is 1. The molecule has 11 heteroatoms. The Hall–Kier alpha value is -3.96. The molecule has 1 heterocycles. The number of halogens is 3. The molecule has 44 heavy (non-hydrogen) atoms. The highest BCUT2D eigenvalue weighted by molar-refractivity contribution is 5.82. The van der Waals surface area contributed by atoms with Crippen LogP contribution in [0.15, 0.2) is 59.5 Å². The first-order chi connectivity index (χ1) is 20.4. The number of rotatable bonds is 12. The second-order valence-corrected chi connectivity index (χ2v) is 11.9. The molecule has 8 nitrogen and oxygen atoms in total. The number of aliphatic hydroxyl groups is 1. The maximum atomic E-state index is 13.9. The zero-order chi connectivity index (χ0) is 33.0. The SMILES string of the molecule is Cc1cccc(C)c1-c1cccc([C@@](O)(CC(=O)O)NC(=O)C(CC(C)C)n2cc(CCN(C)C)c(C(F)(F)F)cc2=O)c1. The molecule has 0 aliphatic carbocycles. The summed E-state index contributed by atoms with van der Waals surface area (Å²) < 4.78 is 42.5. The summed E-state index contributed by atoms with van der Waals surface area (Å²) in [6.07, 6.45) is -4.63. The third-order valence-electron chi connectivity index (χ3n) is 7.48. The van der Waals surface area contributed by atoms with Gasteiger partial charge < -0.3 is 25.0 Å². The number of hydrogen-bond acceptors (Lipinski definition) is 5. The van der Waals surface area contributed by atoms with E-state index in [4.69, 9.17) is 0 Å². The molecule has 3 aromatic rings. The van der Waals surface area contributed by atoms with Crippen LogP contribution in [-0.4, -0.2) is 52.2 Å². The minimum atomic E-state index is -4.78. The van der Waals surface area contributed by atoms with E-state index in [1.165, 1.54) is 6.07 Å². The van der Waals surface area contributed by atoms with Crippen molar-refractivity contribution in [2.24, 2.45) is 5.92 Å². The molecule has 0 aliphatic rings. The fraction of sp³-hybridized carbons (Fsp3) is 0.424. The number of nitrogens with one attached hydrogen (secondary N) is 1. The molecule has 0 spiro atoms. The van der Waals surface area contributed by atoms with Gasteiger partial charge in [0.2, 0.25) is 5.91 Å². The molecule has 0 radical (unpaired) electrons. The van der Waals surface area contributed by atoms with Crippen LogP contribution in [0.1, 0.15) is 60.5 Å². The first-order valence-electron chi connectivity index (χ1n) is 14.3. The van der Waals surface area contributed by atoms with Gasteiger partial charge in [0.05, 0.1) is 12.0 Å². The van der Waals surface area contributed by atoms with Gasteiger partial charge >= 0.3 is 12.1 Å². The number of hydrogen-bond donors (Lipinski definition) is 3. The maximum absolute atomic E-state index is 13.9. The number of alkyl halides is 3. The van der Waals surface area contributed by atoms with Gasteiger partial charge in [-0.2, -0.15) is 13.2 Å². The zero-order valence-electron chi connectivity index (χ0n) is 25.8. The Balaban J connectivity index is 2.12. The fourth-order valence-corrected chi connectivity index (χ4v) is 5.36. The quantitative estimate of drug-likeness (QED) is 0.239. The third-order valence-corrected chi connectivity index (χ3v) is 7.48. The molecule has 0 saturated carbocycles. The Morgan fingerprint density at radius 2 is 1.64 bits per heavy atom. The van der Waals surface area contributed by atoms with Crippen LogP contribution in [0.3, 0.4) is 0 Å². The van der Waals surface area contributed by atoms with Crippen LogP contribution in [-0.2, 0) is 27.9 Å². The highest BCUT2D eigenvalue weighted by atomic mass is 19.4. The lowest BCUT2D eigenvalue weighted by atomic mass is 9.91. The summed E-state index contributed by atoms with van der Waals surface area (Å²) in [4.78, 5) is 40.6. The molecule has 0 aliphatic heterocycles. The number of amides is 1. The Morgan fingerprint density at radius 1 is 1.02 bits per heavy atom. The Morgan fingerprint density at radius 3 is 2.18 bits per heavy atom. The van der Waals surface area contributed by atoms with Crippen molar-refractivity contribution in [1.29, 1.82) is 0 Å². The molecule has 0 saturated heterocycles. The van der Waals surface area contributed by atoms with E-state index >= 15 is 0 Å². The molecule has 2 aromatic carbocycles. The van der Waals surface area contributed by atoms with Gasteiger partial charge in [0, 0.05) is 24.4 Å². The lowest BCUT2D eigenvalue weighted by molar-refractivity contribution is -0.148. The van der Waals surface area contributed by atoms with Gasteiger partial charge in [0.15, 0.2) is 5.72 Å². The molecule has 2 atom stereocenters. The maximum Gasteiger partial charge on any atom is 0.416 e. The van der Waals surface area contributed by atoms with Crippen LogP contribution in [0.5, 0.6) is 0 Å². The molecule has 3 rings (SSSR count). The number of likely N-dealkylation sites (N-methyl/N-ethyl adjacent to an activating group) is 1. The average Bonchev–Trinajstić information content (AvgIpc) is 2.90. The van der Waals surface area contributed by atoms with E-state index < -0.39 is 47.4 Å². The summed E-state index contributed by atoms with van der Waals surface area (Å²) in [7, 11) is 3.41. The third kappa shape index (κ3) is 8.35. The zero-order valence-corrected chi connectivity index (χ0v) is 25.8. The molecule has 1 amide bonds. The van der Waals surface area contributed by atoms with Crippen molar-refractivity contribution in [3.63, 3.8) is 0 Å². The number of carbonyl (C=O) groups excluding carboxylic acids is 1. The number of aliphatic carboxylic acids is 1. The van der Waals surface area contributed by atoms with E-state index in [9.17, 15) is 37.8 Å². The first kappa shape index (κ1) is 34.5. The molecule has 1 unspecified atom stereocenters. The summed E-state index contributed by atoms with van der Waals surface area (Å²) in [5.74, 6) is -2.49. The molecule has 238 valence electrons. The van der Waals surface area contributed by atoms with E-state index in [0.717, 1.165) is 27.5 Å². The number of aromatic nitrogens is 1. The molecule has 0 fully saturated rings. The average molecular weight is 616 g/mol. The summed E-state index contributed by atoms with van der Waals surface area (Å²) in [5.41, 5.74) is -1.07. The lowest BCUT2D eigenvalue weighted by Gasteiger charge is -2.32. The summed E-state index contributed by atoms with van der Waals surface area (Å²) in [6, 6.07) is 11.4. The normalized spacial score (nSPS) is 14.0. The van der Waals surface area contributed by atoms with Crippen LogP contribution < -0.4 is 10.9 Å². The van der Waals surface area contributed by atoms with Crippen molar-refractivity contribution in [2.75, 3.05) is 20.6 Å². The topological polar surface area (TPSA) is 112 Å². The van der Waals surface area contributed by atoms with Gasteiger partial charge in [-0.15, -0.1) is 0 Å². The van der Waals surface area contributed by atoms with Crippen molar-refractivity contribution < 1.29 is 33.0 Å². The Kier molecular flexibility index (Phi) is 10.8. The smallest absolute Gasteiger partial charge is 0.416 e.